The minimum Gasteiger partial charge on any atom is -0.481 e. The Kier molecular flexibility index (Phi) is 11.8. The van der Waals surface area contributed by atoms with Crippen molar-refractivity contribution in [2.45, 2.75) is 134 Å². The molecule has 3 aromatic heterocycles. The molecular formula is C44H61F2N7O5Si. The number of carboxylic acids is 1. The minimum atomic E-state index is -1.98. The number of aromatic nitrogens is 5. The number of aryl methyl sites for hydroxylation is 1. The maximum absolute atomic E-state index is 17.8. The Labute approximate surface area is 347 Å². The van der Waals surface area contributed by atoms with Crippen LogP contribution in [-0.4, -0.2) is 107 Å². The van der Waals surface area contributed by atoms with E-state index < -0.39 is 31.8 Å². The highest BCUT2D eigenvalue weighted by atomic mass is 28.4. The summed E-state index contributed by atoms with van der Waals surface area (Å²) < 4.78 is 53.6. The Morgan fingerprint density at radius 3 is 2.68 bits per heavy atom. The lowest BCUT2D eigenvalue weighted by molar-refractivity contribution is -0.138. The maximum Gasteiger partial charge on any atom is 0.319 e. The molecule has 7 heterocycles. The number of carbonyl (C=O) groups is 1. The predicted octanol–water partition coefficient (Wildman–Crippen LogP) is 8.79. The van der Waals surface area contributed by atoms with Gasteiger partial charge in [-0.25, -0.2) is 13.5 Å². The van der Waals surface area contributed by atoms with Crippen molar-refractivity contribution in [2.24, 2.45) is 5.92 Å². The highest BCUT2D eigenvalue weighted by Crippen LogP contribution is 2.43. The lowest BCUT2D eigenvalue weighted by atomic mass is 9.91. The summed E-state index contributed by atoms with van der Waals surface area (Å²) in [4.78, 5) is 30.5. The molecule has 0 aliphatic carbocycles. The average Bonchev–Trinajstić information content (AvgIpc) is 3.87. The molecule has 8 rings (SSSR count). The first-order chi connectivity index (χ1) is 28.1. The van der Waals surface area contributed by atoms with Crippen molar-refractivity contribution in [1.82, 2.24) is 29.6 Å². The maximum atomic E-state index is 17.8. The standard InChI is InChI=1S/C44H61F2N7O5Si/c1-28-20-34-32(24-48-53(34)35-14-7-8-18-56-35)37(31(28)13-10-19-58-59(5,6)43(2,3)4)40-38(46)39-33(23-47-40)41(51-16-9-12-29(25-51)21-36(54)55)50-42(49-39)57-27-44-15-11-17-52(44)26-30(45)22-44/h20,23-24,29-30,35H,7-19,21-22,25-27H2,1-6H3,(H,54,55)/t29?,30-,35?,44+/m1/s1. The van der Waals surface area contributed by atoms with Gasteiger partial charge in [-0.1, -0.05) is 20.8 Å². The summed E-state index contributed by atoms with van der Waals surface area (Å²) in [5.74, 6) is -1.06. The quantitative estimate of drug-likeness (QED) is 0.103. The van der Waals surface area contributed by atoms with E-state index >= 15 is 4.39 Å². The monoisotopic (exact) mass is 833 g/mol. The Bertz CT molecular complexity index is 2190. The van der Waals surface area contributed by atoms with Crippen LogP contribution >= 0.6 is 0 Å². The summed E-state index contributed by atoms with van der Waals surface area (Å²) in [5, 5.41) is 15.8. The number of fused-ring (bicyclic) bond motifs is 3. The summed E-state index contributed by atoms with van der Waals surface area (Å²) in [5.41, 5.74) is 3.33. The Morgan fingerprint density at radius 1 is 1.08 bits per heavy atom. The zero-order valence-electron chi connectivity index (χ0n) is 35.7. The number of hydrogen-bond acceptors (Lipinski definition) is 10. The molecule has 0 bridgehead atoms. The van der Waals surface area contributed by atoms with Crippen LogP contribution in [0.25, 0.3) is 33.1 Å². The number of anilines is 1. The molecule has 15 heteroatoms. The van der Waals surface area contributed by atoms with E-state index in [1.165, 1.54) is 0 Å². The van der Waals surface area contributed by atoms with E-state index in [4.69, 9.17) is 34.0 Å². The SMILES string of the molecule is Cc1cc2c(cnn2C2CCCCO2)c(-c2ncc3c(N4CCCC(CC(=O)O)C4)nc(OC[C@@]45CCCN4C[C@H](F)C5)nc3c2F)c1CCCO[Si](C)(C)C(C)(C)C. The molecule has 4 fully saturated rings. The van der Waals surface area contributed by atoms with Crippen molar-refractivity contribution in [3.05, 3.63) is 35.4 Å². The van der Waals surface area contributed by atoms with Gasteiger partial charge < -0.3 is 23.9 Å². The molecule has 1 N–H and O–H groups in total. The summed E-state index contributed by atoms with van der Waals surface area (Å²) in [7, 11) is -1.98. The number of rotatable bonds is 13. The number of alkyl halides is 1. The van der Waals surface area contributed by atoms with Crippen LogP contribution in [0.2, 0.25) is 18.1 Å². The number of benzene rings is 1. The Morgan fingerprint density at radius 2 is 1.92 bits per heavy atom. The normalized spacial score (nSPS) is 24.3. The molecule has 4 aliphatic rings. The van der Waals surface area contributed by atoms with E-state index in [2.05, 4.69) is 51.8 Å². The number of nitrogens with zero attached hydrogens (tertiary/aromatic N) is 7. The van der Waals surface area contributed by atoms with Gasteiger partial charge in [0.2, 0.25) is 0 Å². The Hall–Kier alpha value is -3.79. The second kappa shape index (κ2) is 16.6. The van der Waals surface area contributed by atoms with Gasteiger partial charge in [-0.3, -0.25) is 14.7 Å². The zero-order valence-corrected chi connectivity index (χ0v) is 36.7. The van der Waals surface area contributed by atoms with E-state index in [1.54, 1.807) is 6.20 Å². The molecule has 4 aromatic rings. The Balaban J connectivity index is 1.23. The van der Waals surface area contributed by atoms with Crippen molar-refractivity contribution < 1.29 is 32.6 Å². The van der Waals surface area contributed by atoms with Crippen molar-refractivity contribution in [3.63, 3.8) is 0 Å². The number of ether oxygens (including phenoxy) is 2. The largest absolute Gasteiger partial charge is 0.481 e. The van der Waals surface area contributed by atoms with Crippen LogP contribution in [-0.2, 0) is 20.4 Å². The van der Waals surface area contributed by atoms with E-state index in [-0.39, 0.29) is 47.4 Å². The van der Waals surface area contributed by atoms with Gasteiger partial charge in [-0.2, -0.15) is 15.1 Å². The lowest BCUT2D eigenvalue weighted by Gasteiger charge is -2.36. The van der Waals surface area contributed by atoms with Gasteiger partial charge in [0.1, 0.15) is 29.8 Å². The first-order valence-corrected chi connectivity index (χ1v) is 24.7. The number of halogens is 2. The fourth-order valence-corrected chi connectivity index (χ4v) is 10.8. The van der Waals surface area contributed by atoms with Crippen LogP contribution in [0, 0.1) is 18.7 Å². The molecule has 0 saturated carbocycles. The van der Waals surface area contributed by atoms with E-state index in [9.17, 15) is 14.3 Å². The number of aliphatic carboxylic acids is 1. The highest BCUT2D eigenvalue weighted by molar-refractivity contribution is 6.74. The molecule has 12 nitrogen and oxygen atoms in total. The molecule has 4 atom stereocenters. The van der Waals surface area contributed by atoms with Gasteiger partial charge in [-0.15, -0.1) is 0 Å². The van der Waals surface area contributed by atoms with Crippen LogP contribution in [0.4, 0.5) is 14.6 Å². The smallest absolute Gasteiger partial charge is 0.319 e. The van der Waals surface area contributed by atoms with Gasteiger partial charge in [-0.05, 0) is 112 Å². The summed E-state index contributed by atoms with van der Waals surface area (Å²) in [6, 6.07) is 2.16. The minimum absolute atomic E-state index is 0.0205. The number of pyridine rings is 1. The molecule has 320 valence electrons. The van der Waals surface area contributed by atoms with Crippen LogP contribution < -0.4 is 9.64 Å². The van der Waals surface area contributed by atoms with Gasteiger partial charge >= 0.3 is 12.0 Å². The lowest BCUT2D eigenvalue weighted by Crippen LogP contribution is -2.43. The molecule has 4 saturated heterocycles. The van der Waals surface area contributed by atoms with Crippen molar-refractivity contribution in [1.29, 1.82) is 0 Å². The van der Waals surface area contributed by atoms with Gasteiger partial charge in [0, 0.05) is 62.8 Å². The predicted molar refractivity (Wildman–Crippen MR) is 227 cm³/mol. The van der Waals surface area contributed by atoms with Crippen molar-refractivity contribution in [3.8, 4) is 17.3 Å². The summed E-state index contributed by atoms with van der Waals surface area (Å²) in [6.07, 6.45) is 10.4. The second-order valence-electron chi connectivity index (χ2n) is 19.0. The third-order valence-corrected chi connectivity index (χ3v) is 18.4. The number of carboxylic acid groups (broad SMARTS) is 1. The average molecular weight is 834 g/mol. The highest BCUT2D eigenvalue weighted by Gasteiger charge is 2.49. The molecule has 1 aromatic carbocycles. The fraction of sp³-hybridized carbons (Fsp3) is 0.659. The summed E-state index contributed by atoms with van der Waals surface area (Å²) >= 11 is 0. The number of hydrogen-bond donors (Lipinski definition) is 1. The molecule has 0 spiro atoms. The van der Waals surface area contributed by atoms with Gasteiger partial charge in [0.05, 0.1) is 22.6 Å². The molecule has 59 heavy (non-hydrogen) atoms. The van der Waals surface area contributed by atoms with Crippen molar-refractivity contribution >= 4 is 41.9 Å². The van der Waals surface area contributed by atoms with Crippen LogP contribution in [0.15, 0.2) is 18.5 Å². The zero-order chi connectivity index (χ0) is 41.7. The number of piperidine rings is 1. The molecule has 2 unspecified atom stereocenters. The van der Waals surface area contributed by atoms with E-state index in [0.29, 0.717) is 62.5 Å². The van der Waals surface area contributed by atoms with E-state index in [0.717, 1.165) is 79.9 Å². The third kappa shape index (κ3) is 8.33. The first kappa shape index (κ1) is 41.9. The molecule has 4 aliphatic heterocycles. The topological polar surface area (TPSA) is 128 Å². The van der Waals surface area contributed by atoms with Crippen LogP contribution in [0.3, 0.4) is 0 Å². The first-order valence-electron chi connectivity index (χ1n) is 21.7. The van der Waals surface area contributed by atoms with Gasteiger partial charge in [0.15, 0.2) is 20.4 Å². The second-order valence-corrected chi connectivity index (χ2v) is 23.8. The molecule has 0 radical (unpaired) electrons. The molecule has 0 amide bonds. The van der Waals surface area contributed by atoms with Crippen LogP contribution in [0.5, 0.6) is 6.01 Å². The van der Waals surface area contributed by atoms with E-state index in [1.807, 2.05) is 15.8 Å². The summed E-state index contributed by atoms with van der Waals surface area (Å²) in [6.45, 7) is 17.0. The van der Waals surface area contributed by atoms with Crippen molar-refractivity contribution in [2.75, 3.05) is 50.9 Å². The van der Waals surface area contributed by atoms with Crippen LogP contribution in [0.1, 0.15) is 102 Å². The van der Waals surface area contributed by atoms with Gasteiger partial charge in [0.25, 0.3) is 0 Å². The molecular weight excluding hydrogens is 773 g/mol. The fourth-order valence-electron chi connectivity index (χ4n) is 9.71. The third-order valence-electron chi connectivity index (χ3n) is 13.9.